The van der Waals surface area contributed by atoms with E-state index in [9.17, 15) is 0 Å². The first-order chi connectivity index (χ1) is 32.5. The third-order valence-corrected chi connectivity index (χ3v) is 16.0. The number of hydrogen-bond donors (Lipinski definition) is 0. The zero-order valence-corrected chi connectivity index (χ0v) is 36.5. The number of fused-ring (bicyclic) bond motifs is 22. The summed E-state index contributed by atoms with van der Waals surface area (Å²) >= 11 is 0. The first-order valence-electron chi connectivity index (χ1n) is 23.1. The molecular weight excluding hydrogens is 799 g/mol. The standard InChI is InChI=1S/C63H41N3/c1-61(2)47-23-10-6-19-41(47)45-31-30-38(33-53(45)61)39-34-56-60(65-37-39)59-52(28-16-32-64-59)63(56)51-27-14-15-29-57(51)66(40-17-4-3-5-18-40)58-36-54-46(35-55(58)63)44-22-9-13-26-50(44)62(54)48-24-11-7-20-42(48)43-21-8-12-25-49(43)62/h3-37H,1-2H3. The van der Waals surface area contributed by atoms with Gasteiger partial charge in [-0.2, -0.15) is 0 Å². The van der Waals surface area contributed by atoms with Crippen LogP contribution in [0.15, 0.2) is 213 Å². The van der Waals surface area contributed by atoms with Gasteiger partial charge in [-0.05, 0) is 138 Å². The Morgan fingerprint density at radius 1 is 0.333 bits per heavy atom. The van der Waals surface area contributed by atoms with Gasteiger partial charge in [0.1, 0.15) is 0 Å². The van der Waals surface area contributed by atoms with Crippen molar-refractivity contribution >= 4 is 17.1 Å². The fraction of sp³-hybridized carbons (Fsp3) is 0.0794. The number of para-hydroxylation sites is 2. The second-order valence-corrected chi connectivity index (χ2v) is 19.2. The highest BCUT2D eigenvalue weighted by Gasteiger charge is 2.57. The highest BCUT2D eigenvalue weighted by Crippen LogP contribution is 2.68. The predicted octanol–water partition coefficient (Wildman–Crippen LogP) is 14.9. The van der Waals surface area contributed by atoms with Crippen molar-refractivity contribution in [3.8, 4) is 55.9 Å². The van der Waals surface area contributed by atoms with Crippen LogP contribution in [0.1, 0.15) is 69.5 Å². The summed E-state index contributed by atoms with van der Waals surface area (Å²) in [4.78, 5) is 13.2. The second kappa shape index (κ2) is 12.6. The van der Waals surface area contributed by atoms with E-state index in [4.69, 9.17) is 9.97 Å². The van der Waals surface area contributed by atoms with Gasteiger partial charge in [0.25, 0.3) is 0 Å². The lowest BCUT2D eigenvalue weighted by atomic mass is 9.63. The fourth-order valence-electron chi connectivity index (χ4n) is 13.3. The lowest BCUT2D eigenvalue weighted by Gasteiger charge is -2.45. The lowest BCUT2D eigenvalue weighted by molar-refractivity contribution is 0.660. The highest BCUT2D eigenvalue weighted by molar-refractivity contribution is 6.01. The number of benzene rings is 8. The summed E-state index contributed by atoms with van der Waals surface area (Å²) < 4.78 is 0. The molecule has 15 rings (SSSR count). The average Bonchev–Trinajstić information content (AvgIpc) is 4.02. The van der Waals surface area contributed by atoms with Crippen LogP contribution in [0.4, 0.5) is 17.1 Å². The molecule has 66 heavy (non-hydrogen) atoms. The van der Waals surface area contributed by atoms with Gasteiger partial charge in [-0.3, -0.25) is 9.97 Å². The molecule has 0 saturated carbocycles. The number of hydrogen-bond acceptors (Lipinski definition) is 3. The first kappa shape index (κ1) is 36.2. The first-order valence-corrected chi connectivity index (χ1v) is 23.1. The largest absolute Gasteiger partial charge is 0.310 e. The van der Waals surface area contributed by atoms with Crippen molar-refractivity contribution in [2.24, 2.45) is 0 Å². The summed E-state index contributed by atoms with van der Waals surface area (Å²) in [7, 11) is 0. The van der Waals surface area contributed by atoms with E-state index >= 15 is 0 Å². The molecular formula is C63H41N3. The van der Waals surface area contributed by atoms with E-state index in [1.807, 2.05) is 6.20 Å². The minimum atomic E-state index is -0.739. The minimum Gasteiger partial charge on any atom is -0.310 e. The van der Waals surface area contributed by atoms with E-state index in [2.05, 4.69) is 225 Å². The molecule has 308 valence electrons. The maximum Gasteiger partial charge on any atom is 0.0937 e. The van der Waals surface area contributed by atoms with Gasteiger partial charge in [0.05, 0.1) is 33.6 Å². The van der Waals surface area contributed by atoms with Gasteiger partial charge in [-0.15, -0.1) is 0 Å². The molecule has 8 aromatic carbocycles. The summed E-state index contributed by atoms with van der Waals surface area (Å²) in [6, 6.07) is 75.3. The van der Waals surface area contributed by atoms with Gasteiger partial charge in [-0.1, -0.05) is 166 Å². The highest BCUT2D eigenvalue weighted by atomic mass is 15.2. The molecule has 0 N–H and O–H groups in total. The molecule has 0 amide bonds. The van der Waals surface area contributed by atoms with Crippen molar-refractivity contribution in [3.05, 3.63) is 268 Å². The fourth-order valence-corrected chi connectivity index (χ4v) is 13.3. The Labute approximate surface area is 384 Å². The summed E-state index contributed by atoms with van der Waals surface area (Å²) in [6.45, 7) is 4.72. The SMILES string of the molecule is CC1(C)c2ccccc2-c2ccc(-c3cnc4c(c3)C3(c5ccccc5N(c5ccccc5)c5cc6c(cc53)-c3ccccc3C63c5ccccc5-c5ccccc53)c3cccnc3-4)cc21. The van der Waals surface area contributed by atoms with Crippen LogP contribution in [0, 0.1) is 0 Å². The summed E-state index contributed by atoms with van der Waals surface area (Å²) in [6.07, 6.45) is 4.01. The Morgan fingerprint density at radius 3 is 1.58 bits per heavy atom. The summed E-state index contributed by atoms with van der Waals surface area (Å²) in [5.41, 5.74) is 26.9. The lowest BCUT2D eigenvalue weighted by Crippen LogP contribution is -2.37. The Balaban J connectivity index is 1.06. The number of aromatic nitrogens is 2. The Hall–Kier alpha value is -8.14. The number of rotatable bonds is 2. The zero-order valence-electron chi connectivity index (χ0n) is 36.5. The molecule has 3 heterocycles. The molecule has 10 aromatic rings. The van der Waals surface area contributed by atoms with Crippen LogP contribution in [-0.2, 0) is 16.2 Å². The van der Waals surface area contributed by atoms with Crippen LogP contribution < -0.4 is 4.90 Å². The van der Waals surface area contributed by atoms with Crippen LogP contribution in [0.25, 0.3) is 55.9 Å². The topological polar surface area (TPSA) is 29.0 Å². The number of nitrogens with zero attached hydrogens (tertiary/aromatic N) is 3. The maximum absolute atomic E-state index is 5.46. The van der Waals surface area contributed by atoms with E-state index in [0.29, 0.717) is 0 Å². The van der Waals surface area contributed by atoms with Gasteiger partial charge >= 0.3 is 0 Å². The molecule has 2 spiro atoms. The van der Waals surface area contributed by atoms with Crippen molar-refractivity contribution < 1.29 is 0 Å². The smallest absolute Gasteiger partial charge is 0.0937 e. The monoisotopic (exact) mass is 839 g/mol. The number of anilines is 3. The molecule has 5 aliphatic rings. The molecule has 1 unspecified atom stereocenters. The summed E-state index contributed by atoms with van der Waals surface area (Å²) in [5.74, 6) is 0. The molecule has 4 aliphatic carbocycles. The van der Waals surface area contributed by atoms with Crippen molar-refractivity contribution in [3.63, 3.8) is 0 Å². The van der Waals surface area contributed by atoms with E-state index in [1.165, 1.54) is 83.5 Å². The Morgan fingerprint density at radius 2 is 0.864 bits per heavy atom. The van der Waals surface area contributed by atoms with Crippen LogP contribution in [0.5, 0.6) is 0 Å². The molecule has 1 aliphatic heterocycles. The maximum atomic E-state index is 5.46. The second-order valence-electron chi connectivity index (χ2n) is 19.2. The summed E-state index contributed by atoms with van der Waals surface area (Å²) in [5, 5.41) is 0. The molecule has 1 atom stereocenters. The number of pyridine rings is 2. The van der Waals surface area contributed by atoms with E-state index in [0.717, 1.165) is 45.1 Å². The van der Waals surface area contributed by atoms with Gasteiger partial charge in [0.2, 0.25) is 0 Å². The Kier molecular flexibility index (Phi) is 6.89. The van der Waals surface area contributed by atoms with Gasteiger partial charge in [0.15, 0.2) is 0 Å². The van der Waals surface area contributed by atoms with E-state index in [-0.39, 0.29) is 5.41 Å². The van der Waals surface area contributed by atoms with Crippen LogP contribution in [0.2, 0.25) is 0 Å². The zero-order chi connectivity index (χ0) is 43.5. The van der Waals surface area contributed by atoms with Gasteiger partial charge in [-0.25, -0.2) is 0 Å². The molecule has 3 nitrogen and oxygen atoms in total. The van der Waals surface area contributed by atoms with E-state index < -0.39 is 10.8 Å². The molecule has 0 bridgehead atoms. The third-order valence-electron chi connectivity index (χ3n) is 16.0. The minimum absolute atomic E-state index is 0.121. The van der Waals surface area contributed by atoms with Crippen molar-refractivity contribution in [2.75, 3.05) is 4.90 Å². The van der Waals surface area contributed by atoms with Crippen LogP contribution >= 0.6 is 0 Å². The Bertz CT molecular complexity index is 3720. The molecule has 3 heteroatoms. The molecule has 0 radical (unpaired) electrons. The van der Waals surface area contributed by atoms with Gasteiger partial charge in [0, 0.05) is 34.6 Å². The normalized spacial score (nSPS) is 17.2. The molecule has 0 fully saturated rings. The van der Waals surface area contributed by atoms with E-state index in [1.54, 1.807) is 0 Å². The average molecular weight is 840 g/mol. The molecule has 0 saturated heterocycles. The van der Waals surface area contributed by atoms with Crippen molar-refractivity contribution in [1.82, 2.24) is 9.97 Å². The van der Waals surface area contributed by atoms with Crippen LogP contribution in [0.3, 0.4) is 0 Å². The quantitative estimate of drug-likeness (QED) is 0.174. The predicted molar refractivity (Wildman–Crippen MR) is 267 cm³/mol. The van der Waals surface area contributed by atoms with Gasteiger partial charge < -0.3 is 4.90 Å². The third kappa shape index (κ3) is 4.21. The van der Waals surface area contributed by atoms with Crippen molar-refractivity contribution in [2.45, 2.75) is 30.1 Å². The van der Waals surface area contributed by atoms with Crippen LogP contribution in [-0.4, -0.2) is 9.97 Å². The van der Waals surface area contributed by atoms with Crippen molar-refractivity contribution in [1.29, 1.82) is 0 Å². The molecule has 2 aromatic heterocycles.